The lowest BCUT2D eigenvalue weighted by atomic mass is 10.1. The summed E-state index contributed by atoms with van der Waals surface area (Å²) >= 11 is 1.56. The van der Waals surface area contributed by atoms with E-state index >= 15 is 0 Å². The average molecular weight is 447 g/mol. The number of thioether (sulfide) groups is 1. The molecule has 0 aliphatic carbocycles. The Morgan fingerprint density at radius 1 is 0.969 bits per heavy atom. The van der Waals surface area contributed by atoms with E-state index in [9.17, 15) is 4.79 Å². The van der Waals surface area contributed by atoms with Gasteiger partial charge in [-0.2, -0.15) is 0 Å². The van der Waals surface area contributed by atoms with Crippen molar-refractivity contribution in [1.29, 1.82) is 0 Å². The molecule has 1 fully saturated rings. The summed E-state index contributed by atoms with van der Waals surface area (Å²) in [6.45, 7) is 5.99. The van der Waals surface area contributed by atoms with Crippen LogP contribution in [0.25, 0.3) is 11.3 Å². The van der Waals surface area contributed by atoms with Crippen LogP contribution in [0.15, 0.2) is 58.5 Å². The molecule has 1 saturated heterocycles. The van der Waals surface area contributed by atoms with Crippen LogP contribution in [0.3, 0.4) is 0 Å². The van der Waals surface area contributed by atoms with E-state index < -0.39 is 0 Å². The highest BCUT2D eigenvalue weighted by molar-refractivity contribution is 7.98. The summed E-state index contributed by atoms with van der Waals surface area (Å²) in [7, 11) is 0. The summed E-state index contributed by atoms with van der Waals surface area (Å²) in [5.41, 5.74) is 4.49. The Morgan fingerprint density at radius 3 is 2.53 bits per heavy atom. The number of aryl methyl sites for hydroxylation is 2. The van der Waals surface area contributed by atoms with E-state index in [0.717, 1.165) is 41.3 Å². The molecule has 164 valence electrons. The van der Waals surface area contributed by atoms with Crippen molar-refractivity contribution in [3.8, 4) is 5.69 Å². The summed E-state index contributed by atoms with van der Waals surface area (Å²) in [6, 6.07) is 15.8. The van der Waals surface area contributed by atoms with Gasteiger partial charge in [-0.25, -0.2) is 4.98 Å². The maximum absolute atomic E-state index is 12.6. The summed E-state index contributed by atoms with van der Waals surface area (Å²) in [6.07, 6.45) is 3.61. The predicted molar refractivity (Wildman–Crippen MR) is 128 cm³/mol. The molecule has 0 N–H and O–H groups in total. The third-order valence-corrected chi connectivity index (χ3v) is 6.79. The van der Waals surface area contributed by atoms with Crippen LogP contribution in [0.2, 0.25) is 0 Å². The highest BCUT2D eigenvalue weighted by atomic mass is 32.2. The van der Waals surface area contributed by atoms with Gasteiger partial charge in [-0.1, -0.05) is 35.5 Å². The van der Waals surface area contributed by atoms with E-state index in [4.69, 9.17) is 4.98 Å². The zero-order valence-electron chi connectivity index (χ0n) is 18.4. The molecule has 0 amide bonds. The van der Waals surface area contributed by atoms with Crippen LogP contribution < -0.4 is 10.5 Å². The molecule has 0 bridgehead atoms. The lowest BCUT2D eigenvalue weighted by molar-refractivity contribution is 0.564. The molecule has 32 heavy (non-hydrogen) atoms. The van der Waals surface area contributed by atoms with E-state index in [1.54, 1.807) is 22.2 Å². The van der Waals surface area contributed by atoms with Gasteiger partial charge < -0.3 is 4.90 Å². The average Bonchev–Trinajstić information content (AvgIpc) is 3.22. The lowest BCUT2D eigenvalue weighted by Gasteiger charge is -2.27. The maximum Gasteiger partial charge on any atom is 0.258 e. The fraction of sp³-hybridized carbons (Fsp3) is 0.333. The van der Waals surface area contributed by atoms with Crippen molar-refractivity contribution >= 4 is 23.4 Å². The molecule has 0 atom stereocenters. The third kappa shape index (κ3) is 4.02. The lowest BCUT2D eigenvalue weighted by Crippen LogP contribution is -2.31. The van der Waals surface area contributed by atoms with Crippen molar-refractivity contribution in [2.45, 2.75) is 44.0 Å². The Labute approximate surface area is 191 Å². The number of anilines is 1. The SMILES string of the molecule is Cc1ccc(-n2c(SCc3cc(=O)n4c(C)cccc4n3)nnc2N2CCCCC2)cc1. The van der Waals surface area contributed by atoms with Crippen LogP contribution in [-0.4, -0.2) is 37.2 Å². The zero-order chi connectivity index (χ0) is 22.1. The standard InChI is InChI=1S/C24H26N6OS/c1-17-9-11-20(12-10-17)30-23(28-13-4-3-5-14-28)26-27-24(30)32-16-19-15-22(31)29-18(2)7-6-8-21(29)25-19/h6-12,15H,3-5,13-14,16H2,1-2H3. The quantitative estimate of drug-likeness (QED) is 0.429. The van der Waals surface area contributed by atoms with Gasteiger partial charge >= 0.3 is 0 Å². The fourth-order valence-electron chi connectivity index (χ4n) is 4.15. The van der Waals surface area contributed by atoms with Gasteiger partial charge in [0.15, 0.2) is 5.16 Å². The van der Waals surface area contributed by atoms with Crippen molar-refractivity contribution in [2.24, 2.45) is 0 Å². The molecule has 1 aliphatic rings. The summed E-state index contributed by atoms with van der Waals surface area (Å²) in [4.78, 5) is 19.7. The first-order chi connectivity index (χ1) is 15.6. The summed E-state index contributed by atoms with van der Waals surface area (Å²) in [5, 5.41) is 9.90. The number of rotatable bonds is 5. The second-order valence-electron chi connectivity index (χ2n) is 8.24. The molecule has 1 aliphatic heterocycles. The molecule has 7 nitrogen and oxygen atoms in total. The molecular formula is C24H26N6OS. The molecule has 0 saturated carbocycles. The molecule has 3 aromatic heterocycles. The number of pyridine rings is 1. The largest absolute Gasteiger partial charge is 0.341 e. The number of piperidine rings is 1. The number of aromatic nitrogens is 5. The predicted octanol–water partition coefficient (Wildman–Crippen LogP) is 4.17. The maximum atomic E-state index is 12.6. The van der Waals surface area contributed by atoms with Crippen LogP contribution in [0.4, 0.5) is 5.95 Å². The molecular weight excluding hydrogens is 420 g/mol. The molecule has 8 heteroatoms. The van der Waals surface area contributed by atoms with Gasteiger partial charge in [-0.15, -0.1) is 10.2 Å². The number of nitrogens with zero attached hydrogens (tertiary/aromatic N) is 6. The van der Waals surface area contributed by atoms with Crippen LogP contribution in [0.1, 0.15) is 36.2 Å². The summed E-state index contributed by atoms with van der Waals surface area (Å²) in [5.74, 6) is 1.43. The first-order valence-electron chi connectivity index (χ1n) is 11.0. The van der Waals surface area contributed by atoms with Crippen LogP contribution >= 0.6 is 11.8 Å². The first kappa shape index (κ1) is 20.8. The molecule has 4 heterocycles. The molecule has 5 rings (SSSR count). The van der Waals surface area contributed by atoms with Crippen molar-refractivity contribution in [3.05, 3.63) is 75.8 Å². The Morgan fingerprint density at radius 2 is 1.75 bits per heavy atom. The van der Waals surface area contributed by atoms with E-state index in [1.807, 2.05) is 25.1 Å². The number of benzene rings is 1. The number of hydrogen-bond donors (Lipinski definition) is 0. The Hall–Kier alpha value is -3.13. The highest BCUT2D eigenvalue weighted by Gasteiger charge is 2.21. The normalized spacial score (nSPS) is 14.2. The van der Waals surface area contributed by atoms with E-state index in [0.29, 0.717) is 11.4 Å². The van der Waals surface area contributed by atoms with Crippen molar-refractivity contribution in [2.75, 3.05) is 18.0 Å². The Balaban J connectivity index is 1.48. The van der Waals surface area contributed by atoms with Crippen LogP contribution in [-0.2, 0) is 5.75 Å². The second-order valence-corrected chi connectivity index (χ2v) is 9.18. The van der Waals surface area contributed by atoms with Gasteiger partial charge in [0.2, 0.25) is 5.95 Å². The van der Waals surface area contributed by atoms with Crippen LogP contribution in [0.5, 0.6) is 0 Å². The van der Waals surface area contributed by atoms with Crippen molar-refractivity contribution in [3.63, 3.8) is 0 Å². The Kier molecular flexibility index (Phi) is 5.70. The zero-order valence-corrected chi connectivity index (χ0v) is 19.2. The number of fused-ring (bicyclic) bond motifs is 1. The van der Waals surface area contributed by atoms with E-state index in [-0.39, 0.29) is 5.56 Å². The van der Waals surface area contributed by atoms with Gasteiger partial charge in [-0.3, -0.25) is 13.8 Å². The molecule has 4 aromatic rings. The minimum Gasteiger partial charge on any atom is -0.341 e. The van der Waals surface area contributed by atoms with Gasteiger partial charge in [0, 0.05) is 30.6 Å². The van der Waals surface area contributed by atoms with Gasteiger partial charge in [0.25, 0.3) is 5.56 Å². The van der Waals surface area contributed by atoms with Crippen molar-refractivity contribution < 1.29 is 0 Å². The smallest absolute Gasteiger partial charge is 0.258 e. The van der Waals surface area contributed by atoms with Crippen LogP contribution in [0, 0.1) is 13.8 Å². The second kappa shape index (κ2) is 8.78. The monoisotopic (exact) mass is 446 g/mol. The third-order valence-electron chi connectivity index (χ3n) is 5.83. The summed E-state index contributed by atoms with van der Waals surface area (Å²) < 4.78 is 3.77. The van der Waals surface area contributed by atoms with E-state index in [1.165, 1.54) is 24.8 Å². The van der Waals surface area contributed by atoms with Crippen molar-refractivity contribution in [1.82, 2.24) is 24.1 Å². The first-order valence-corrected chi connectivity index (χ1v) is 12.0. The topological polar surface area (TPSA) is 68.3 Å². The molecule has 0 spiro atoms. The fourth-order valence-corrected chi connectivity index (χ4v) is 4.99. The Bertz CT molecular complexity index is 1300. The molecule has 0 radical (unpaired) electrons. The minimum atomic E-state index is -0.0577. The highest BCUT2D eigenvalue weighted by Crippen LogP contribution is 2.30. The van der Waals surface area contributed by atoms with E-state index in [2.05, 4.69) is 50.9 Å². The van der Waals surface area contributed by atoms with Gasteiger partial charge in [0.1, 0.15) is 5.65 Å². The van der Waals surface area contributed by atoms with Gasteiger partial charge in [-0.05, 0) is 57.4 Å². The number of hydrogen-bond acceptors (Lipinski definition) is 6. The van der Waals surface area contributed by atoms with Gasteiger partial charge in [0.05, 0.1) is 11.4 Å². The molecule has 0 unspecified atom stereocenters. The minimum absolute atomic E-state index is 0.0577. The molecule has 1 aromatic carbocycles.